The smallest absolute Gasteiger partial charge is 0.258 e. The van der Waals surface area contributed by atoms with E-state index in [1.165, 1.54) is 0 Å². The van der Waals surface area contributed by atoms with Gasteiger partial charge in [0.1, 0.15) is 5.75 Å². The second-order valence-corrected chi connectivity index (χ2v) is 6.79. The summed E-state index contributed by atoms with van der Waals surface area (Å²) in [5, 5.41) is 0.867. The third-order valence-electron chi connectivity index (χ3n) is 3.06. The van der Waals surface area contributed by atoms with Crippen molar-refractivity contribution in [1.82, 2.24) is 0 Å². The van der Waals surface area contributed by atoms with Crippen LogP contribution in [0.2, 0.25) is 0 Å². The lowest BCUT2D eigenvalue weighted by Crippen LogP contribution is -2.15. The molecule has 106 valence electrons. The van der Waals surface area contributed by atoms with Gasteiger partial charge in [-0.25, -0.2) is 0 Å². The lowest BCUT2D eigenvalue weighted by atomic mass is 10.3. The molecule has 0 aliphatic rings. The number of ether oxygens (including phenoxy) is 1. The van der Waals surface area contributed by atoms with E-state index < -0.39 is 7.37 Å². The topological polar surface area (TPSA) is 46.5 Å². The number of unbranched alkanes of at least 4 members (excludes halogenated alkanes) is 1. The van der Waals surface area contributed by atoms with Crippen LogP contribution in [0.1, 0.15) is 19.8 Å². The molecule has 1 N–H and O–H groups in total. The van der Waals surface area contributed by atoms with E-state index in [2.05, 4.69) is 6.92 Å². The fourth-order valence-corrected chi connectivity index (χ4v) is 3.29. The zero-order chi connectivity index (χ0) is 14.4. The standard InChI is InChI=1S/C16H19O3P/c1-2-3-13-19-14-9-11-16(12-10-14)20(17,18)15-7-5-4-6-8-15/h4-12H,2-3,13H2,1H3,(H,17,18). The van der Waals surface area contributed by atoms with Crippen LogP contribution in [0.15, 0.2) is 54.6 Å². The van der Waals surface area contributed by atoms with E-state index in [4.69, 9.17) is 4.74 Å². The van der Waals surface area contributed by atoms with Crippen molar-refractivity contribution in [2.45, 2.75) is 19.8 Å². The molecule has 0 saturated heterocycles. The predicted octanol–water partition coefficient (Wildman–Crippen LogP) is 3.09. The average molecular weight is 290 g/mol. The van der Waals surface area contributed by atoms with Gasteiger partial charge < -0.3 is 9.63 Å². The molecule has 0 bridgehead atoms. The minimum absolute atomic E-state index is 0.423. The van der Waals surface area contributed by atoms with Crippen LogP contribution in [0, 0.1) is 0 Å². The third kappa shape index (κ3) is 3.50. The molecule has 0 aliphatic carbocycles. The Morgan fingerprint density at radius 2 is 1.60 bits per heavy atom. The first kappa shape index (κ1) is 14.8. The van der Waals surface area contributed by atoms with Crippen molar-refractivity contribution in [3.63, 3.8) is 0 Å². The monoisotopic (exact) mass is 290 g/mol. The van der Waals surface area contributed by atoms with Gasteiger partial charge >= 0.3 is 0 Å². The number of rotatable bonds is 6. The minimum atomic E-state index is -3.50. The van der Waals surface area contributed by atoms with Crippen LogP contribution in [-0.4, -0.2) is 11.5 Å². The van der Waals surface area contributed by atoms with Gasteiger partial charge in [-0.1, -0.05) is 31.5 Å². The Labute approximate surface area is 119 Å². The molecule has 0 fully saturated rings. The summed E-state index contributed by atoms with van der Waals surface area (Å²) in [5.74, 6) is 0.732. The Morgan fingerprint density at radius 3 is 2.20 bits per heavy atom. The van der Waals surface area contributed by atoms with E-state index in [1.54, 1.807) is 48.5 Å². The molecular weight excluding hydrogens is 271 g/mol. The van der Waals surface area contributed by atoms with E-state index in [0.717, 1.165) is 18.6 Å². The summed E-state index contributed by atoms with van der Waals surface area (Å²) >= 11 is 0. The largest absolute Gasteiger partial charge is 0.494 e. The highest BCUT2D eigenvalue weighted by Crippen LogP contribution is 2.38. The molecule has 0 heterocycles. The summed E-state index contributed by atoms with van der Waals surface area (Å²) in [6.07, 6.45) is 2.09. The third-order valence-corrected chi connectivity index (χ3v) is 5.06. The Bertz CT molecular complexity index is 578. The van der Waals surface area contributed by atoms with Crippen molar-refractivity contribution in [1.29, 1.82) is 0 Å². The summed E-state index contributed by atoms with van der Waals surface area (Å²) < 4.78 is 18.1. The van der Waals surface area contributed by atoms with Crippen molar-refractivity contribution in [3.05, 3.63) is 54.6 Å². The van der Waals surface area contributed by atoms with Crippen LogP contribution in [-0.2, 0) is 4.57 Å². The summed E-state index contributed by atoms with van der Waals surface area (Å²) in [4.78, 5) is 10.3. The quantitative estimate of drug-likeness (QED) is 0.657. The van der Waals surface area contributed by atoms with Gasteiger partial charge in [-0.15, -0.1) is 0 Å². The average Bonchev–Trinajstić information content (AvgIpc) is 2.49. The van der Waals surface area contributed by atoms with Gasteiger partial charge in [-0.2, -0.15) is 0 Å². The van der Waals surface area contributed by atoms with Crippen LogP contribution in [0.3, 0.4) is 0 Å². The van der Waals surface area contributed by atoms with Crippen LogP contribution >= 0.6 is 7.37 Å². The Morgan fingerprint density at radius 1 is 1.00 bits per heavy atom. The van der Waals surface area contributed by atoms with Gasteiger partial charge in [0.2, 0.25) is 0 Å². The second kappa shape index (κ2) is 6.74. The van der Waals surface area contributed by atoms with Gasteiger partial charge in [0.25, 0.3) is 7.37 Å². The van der Waals surface area contributed by atoms with Crippen molar-refractivity contribution >= 4 is 18.0 Å². The van der Waals surface area contributed by atoms with Gasteiger partial charge in [0, 0.05) is 10.6 Å². The van der Waals surface area contributed by atoms with Crippen LogP contribution in [0.5, 0.6) is 5.75 Å². The molecule has 20 heavy (non-hydrogen) atoms. The molecule has 4 heteroatoms. The zero-order valence-electron chi connectivity index (χ0n) is 11.5. The predicted molar refractivity (Wildman–Crippen MR) is 82.4 cm³/mol. The van der Waals surface area contributed by atoms with Crippen molar-refractivity contribution in [2.24, 2.45) is 0 Å². The van der Waals surface area contributed by atoms with Crippen molar-refractivity contribution in [3.8, 4) is 5.75 Å². The molecule has 0 aromatic heterocycles. The highest BCUT2D eigenvalue weighted by atomic mass is 31.2. The zero-order valence-corrected chi connectivity index (χ0v) is 12.4. The maximum atomic E-state index is 12.5. The van der Waals surface area contributed by atoms with Crippen molar-refractivity contribution < 1.29 is 14.2 Å². The lowest BCUT2D eigenvalue weighted by Gasteiger charge is -2.13. The van der Waals surface area contributed by atoms with E-state index in [9.17, 15) is 9.46 Å². The molecule has 0 amide bonds. The normalized spacial score (nSPS) is 13.7. The molecule has 3 nitrogen and oxygen atoms in total. The van der Waals surface area contributed by atoms with Gasteiger partial charge in [-0.3, -0.25) is 4.57 Å². The molecule has 0 spiro atoms. The van der Waals surface area contributed by atoms with E-state index in [0.29, 0.717) is 17.2 Å². The van der Waals surface area contributed by atoms with E-state index in [-0.39, 0.29) is 0 Å². The highest BCUT2D eigenvalue weighted by molar-refractivity contribution is 7.73. The summed E-state index contributed by atoms with van der Waals surface area (Å²) in [6, 6.07) is 15.5. The Kier molecular flexibility index (Phi) is 4.99. The number of hydrogen-bond acceptors (Lipinski definition) is 2. The molecular formula is C16H19O3P. The summed E-state index contributed by atoms with van der Waals surface area (Å²) in [6.45, 7) is 2.78. The molecule has 1 atom stereocenters. The minimum Gasteiger partial charge on any atom is -0.494 e. The molecule has 0 saturated carbocycles. The number of hydrogen-bond donors (Lipinski definition) is 1. The molecule has 1 unspecified atom stereocenters. The summed E-state index contributed by atoms with van der Waals surface area (Å²) in [5.41, 5.74) is 0. The molecule has 0 aliphatic heterocycles. The lowest BCUT2D eigenvalue weighted by molar-refractivity contribution is 0.309. The number of benzene rings is 2. The molecule has 2 aromatic rings. The maximum Gasteiger partial charge on any atom is 0.258 e. The van der Waals surface area contributed by atoms with Crippen molar-refractivity contribution in [2.75, 3.05) is 6.61 Å². The second-order valence-electron chi connectivity index (χ2n) is 4.61. The van der Waals surface area contributed by atoms with Gasteiger partial charge in [-0.05, 0) is 42.8 Å². The summed E-state index contributed by atoms with van der Waals surface area (Å²) in [7, 11) is -3.50. The van der Waals surface area contributed by atoms with Gasteiger partial charge in [0.05, 0.1) is 6.61 Å². The molecule has 0 radical (unpaired) electrons. The van der Waals surface area contributed by atoms with E-state index in [1.807, 2.05) is 6.07 Å². The van der Waals surface area contributed by atoms with Gasteiger partial charge in [0.15, 0.2) is 0 Å². The fraction of sp³-hybridized carbons (Fsp3) is 0.250. The van der Waals surface area contributed by atoms with Crippen LogP contribution in [0.25, 0.3) is 0 Å². The first-order chi connectivity index (χ1) is 9.64. The first-order valence-electron chi connectivity index (χ1n) is 6.76. The molecule has 2 rings (SSSR count). The maximum absolute atomic E-state index is 12.5. The SMILES string of the molecule is CCCCOc1ccc(P(=O)(O)c2ccccc2)cc1. The van der Waals surface area contributed by atoms with Crippen LogP contribution < -0.4 is 15.3 Å². The fourth-order valence-electron chi connectivity index (χ4n) is 1.86. The first-order valence-corrected chi connectivity index (χ1v) is 8.42. The highest BCUT2D eigenvalue weighted by Gasteiger charge is 2.23. The van der Waals surface area contributed by atoms with E-state index >= 15 is 0 Å². The Balaban J connectivity index is 2.15. The molecule has 2 aromatic carbocycles. The Hall–Kier alpha value is -1.57. The van der Waals surface area contributed by atoms with Crippen LogP contribution in [0.4, 0.5) is 0 Å².